The summed E-state index contributed by atoms with van der Waals surface area (Å²) in [4.78, 5) is 11.8. The fraction of sp³-hybridized carbons (Fsp3) is 0.235. The van der Waals surface area contributed by atoms with Gasteiger partial charge in [0.25, 0.3) is 0 Å². The fourth-order valence-corrected chi connectivity index (χ4v) is 2.25. The minimum absolute atomic E-state index is 0.0181. The first kappa shape index (κ1) is 15.8. The van der Waals surface area contributed by atoms with Gasteiger partial charge < -0.3 is 10.1 Å². The summed E-state index contributed by atoms with van der Waals surface area (Å²) in [5.74, 6) is 0.903. The third kappa shape index (κ3) is 5.38. The molecule has 0 spiro atoms. The Morgan fingerprint density at radius 2 is 1.86 bits per heavy atom. The highest BCUT2D eigenvalue weighted by molar-refractivity contribution is 14.1. The van der Waals surface area contributed by atoms with Gasteiger partial charge in [-0.1, -0.05) is 18.2 Å². The summed E-state index contributed by atoms with van der Waals surface area (Å²) in [5.41, 5.74) is 1.95. The highest BCUT2D eigenvalue weighted by atomic mass is 127. The van der Waals surface area contributed by atoms with E-state index in [0.717, 1.165) is 20.6 Å². The van der Waals surface area contributed by atoms with E-state index in [0.29, 0.717) is 19.4 Å². The van der Waals surface area contributed by atoms with Gasteiger partial charge >= 0.3 is 0 Å². The van der Waals surface area contributed by atoms with E-state index in [-0.39, 0.29) is 5.91 Å². The number of anilines is 1. The van der Waals surface area contributed by atoms with Crippen LogP contribution in [0.2, 0.25) is 0 Å². The SMILES string of the molecule is Cc1ccccc1OCCCC(=O)Nc1ccc(I)cc1. The van der Waals surface area contributed by atoms with E-state index >= 15 is 0 Å². The molecule has 1 amide bonds. The van der Waals surface area contributed by atoms with Crippen molar-refractivity contribution in [1.29, 1.82) is 0 Å². The van der Waals surface area contributed by atoms with Crippen molar-refractivity contribution < 1.29 is 9.53 Å². The number of aryl methyl sites for hydroxylation is 1. The first-order chi connectivity index (χ1) is 10.1. The summed E-state index contributed by atoms with van der Waals surface area (Å²) in [7, 11) is 0. The molecule has 21 heavy (non-hydrogen) atoms. The van der Waals surface area contributed by atoms with Gasteiger partial charge in [-0.25, -0.2) is 0 Å². The Kier molecular flexibility index (Phi) is 6.04. The molecule has 2 aromatic carbocycles. The molecule has 2 aromatic rings. The number of hydrogen-bond acceptors (Lipinski definition) is 2. The molecule has 0 aliphatic carbocycles. The van der Waals surface area contributed by atoms with Crippen LogP contribution in [0.5, 0.6) is 5.75 Å². The van der Waals surface area contributed by atoms with Crippen molar-refractivity contribution in [2.75, 3.05) is 11.9 Å². The molecule has 2 rings (SSSR count). The van der Waals surface area contributed by atoms with Gasteiger partial charge in [0, 0.05) is 15.7 Å². The maximum atomic E-state index is 11.8. The lowest BCUT2D eigenvalue weighted by Gasteiger charge is -2.09. The summed E-state index contributed by atoms with van der Waals surface area (Å²) in [6.45, 7) is 2.56. The van der Waals surface area contributed by atoms with Crippen LogP contribution in [0, 0.1) is 10.5 Å². The minimum Gasteiger partial charge on any atom is -0.493 e. The van der Waals surface area contributed by atoms with Crippen molar-refractivity contribution >= 4 is 34.2 Å². The number of carbonyl (C=O) groups excluding carboxylic acids is 1. The van der Waals surface area contributed by atoms with Crippen LogP contribution in [0.15, 0.2) is 48.5 Å². The number of rotatable bonds is 6. The maximum Gasteiger partial charge on any atom is 0.224 e. The summed E-state index contributed by atoms with van der Waals surface area (Å²) in [6, 6.07) is 15.6. The topological polar surface area (TPSA) is 38.3 Å². The number of amides is 1. The zero-order valence-electron chi connectivity index (χ0n) is 11.9. The monoisotopic (exact) mass is 395 g/mol. The lowest BCUT2D eigenvalue weighted by Crippen LogP contribution is -2.12. The smallest absolute Gasteiger partial charge is 0.224 e. The second kappa shape index (κ2) is 8.02. The Balaban J connectivity index is 1.70. The van der Waals surface area contributed by atoms with Gasteiger partial charge in [-0.15, -0.1) is 0 Å². The molecule has 0 saturated carbocycles. The van der Waals surface area contributed by atoms with E-state index in [1.165, 1.54) is 0 Å². The van der Waals surface area contributed by atoms with Crippen LogP contribution in [0.4, 0.5) is 5.69 Å². The number of nitrogens with one attached hydrogen (secondary N) is 1. The maximum absolute atomic E-state index is 11.8. The highest BCUT2D eigenvalue weighted by Crippen LogP contribution is 2.16. The fourth-order valence-electron chi connectivity index (χ4n) is 1.89. The van der Waals surface area contributed by atoms with Crippen molar-refractivity contribution in [3.63, 3.8) is 0 Å². The van der Waals surface area contributed by atoms with E-state index in [9.17, 15) is 4.79 Å². The lowest BCUT2D eigenvalue weighted by molar-refractivity contribution is -0.116. The van der Waals surface area contributed by atoms with Crippen molar-refractivity contribution in [3.8, 4) is 5.75 Å². The van der Waals surface area contributed by atoms with Gasteiger partial charge in [0.15, 0.2) is 0 Å². The van der Waals surface area contributed by atoms with Gasteiger partial charge in [0.2, 0.25) is 5.91 Å². The van der Waals surface area contributed by atoms with Gasteiger partial charge in [-0.3, -0.25) is 4.79 Å². The molecule has 0 bridgehead atoms. The van der Waals surface area contributed by atoms with Crippen LogP contribution >= 0.6 is 22.6 Å². The Labute approximate surface area is 138 Å². The molecule has 110 valence electrons. The van der Waals surface area contributed by atoms with E-state index < -0.39 is 0 Å². The Bertz CT molecular complexity index is 596. The predicted molar refractivity (Wildman–Crippen MR) is 93.7 cm³/mol. The number of hydrogen-bond donors (Lipinski definition) is 1. The first-order valence-corrected chi connectivity index (χ1v) is 7.97. The van der Waals surface area contributed by atoms with Crippen LogP contribution in [0.3, 0.4) is 0 Å². The lowest BCUT2D eigenvalue weighted by atomic mass is 10.2. The van der Waals surface area contributed by atoms with Gasteiger partial charge in [0.1, 0.15) is 5.75 Å². The predicted octanol–water partition coefficient (Wildman–Crippen LogP) is 4.40. The van der Waals surface area contributed by atoms with Crippen LogP contribution in [0.25, 0.3) is 0 Å². The van der Waals surface area contributed by atoms with Crippen LogP contribution in [0.1, 0.15) is 18.4 Å². The van der Waals surface area contributed by atoms with Crippen molar-refractivity contribution in [3.05, 3.63) is 57.7 Å². The molecular weight excluding hydrogens is 377 g/mol. The van der Waals surface area contributed by atoms with Crippen LogP contribution in [-0.4, -0.2) is 12.5 Å². The molecule has 0 aliphatic rings. The molecule has 0 heterocycles. The molecule has 0 unspecified atom stereocenters. The highest BCUT2D eigenvalue weighted by Gasteiger charge is 2.03. The average Bonchev–Trinajstić information content (AvgIpc) is 2.48. The minimum atomic E-state index is 0.0181. The largest absolute Gasteiger partial charge is 0.493 e. The van der Waals surface area contributed by atoms with Crippen molar-refractivity contribution in [2.45, 2.75) is 19.8 Å². The number of para-hydroxylation sites is 1. The van der Waals surface area contributed by atoms with Crippen LogP contribution < -0.4 is 10.1 Å². The van der Waals surface area contributed by atoms with Gasteiger partial charge in [-0.2, -0.15) is 0 Å². The molecule has 0 saturated heterocycles. The molecule has 0 atom stereocenters. The van der Waals surface area contributed by atoms with E-state index in [2.05, 4.69) is 27.9 Å². The molecule has 0 fully saturated rings. The third-order valence-electron chi connectivity index (χ3n) is 3.03. The van der Waals surface area contributed by atoms with Crippen LogP contribution in [-0.2, 0) is 4.79 Å². The molecular formula is C17H18INO2. The molecule has 3 nitrogen and oxygen atoms in total. The Hall–Kier alpha value is -1.56. The van der Waals surface area contributed by atoms with E-state index in [4.69, 9.17) is 4.74 Å². The number of carbonyl (C=O) groups is 1. The average molecular weight is 395 g/mol. The second-order valence-corrected chi connectivity index (χ2v) is 6.02. The summed E-state index contributed by atoms with van der Waals surface area (Å²) >= 11 is 2.24. The van der Waals surface area contributed by atoms with Gasteiger partial charge in [0.05, 0.1) is 6.61 Å². The summed E-state index contributed by atoms with van der Waals surface area (Å²) in [6.07, 6.45) is 1.16. The number of benzene rings is 2. The Morgan fingerprint density at radius 3 is 2.57 bits per heavy atom. The molecule has 0 radical (unpaired) electrons. The van der Waals surface area contributed by atoms with Gasteiger partial charge in [-0.05, 0) is 71.8 Å². The number of ether oxygens (including phenoxy) is 1. The van der Waals surface area contributed by atoms with E-state index in [1.807, 2.05) is 55.5 Å². The zero-order chi connectivity index (χ0) is 15.1. The normalized spacial score (nSPS) is 10.2. The standard InChI is InChI=1S/C17H18INO2/c1-13-5-2-3-6-16(13)21-12-4-7-17(20)19-15-10-8-14(18)9-11-15/h2-3,5-6,8-11H,4,7,12H2,1H3,(H,19,20). The summed E-state index contributed by atoms with van der Waals surface area (Å²) in [5, 5.41) is 2.88. The second-order valence-electron chi connectivity index (χ2n) is 4.77. The zero-order valence-corrected chi connectivity index (χ0v) is 14.1. The number of halogens is 1. The van der Waals surface area contributed by atoms with Crippen molar-refractivity contribution in [1.82, 2.24) is 0 Å². The van der Waals surface area contributed by atoms with Crippen molar-refractivity contribution in [2.24, 2.45) is 0 Å². The third-order valence-corrected chi connectivity index (χ3v) is 3.75. The Morgan fingerprint density at radius 1 is 1.14 bits per heavy atom. The molecule has 0 aliphatic heterocycles. The quantitative estimate of drug-likeness (QED) is 0.582. The first-order valence-electron chi connectivity index (χ1n) is 6.89. The molecule has 4 heteroatoms. The molecule has 1 N–H and O–H groups in total. The van der Waals surface area contributed by atoms with E-state index in [1.54, 1.807) is 0 Å². The molecule has 0 aromatic heterocycles. The summed E-state index contributed by atoms with van der Waals surface area (Å²) < 4.78 is 6.82.